The molecule has 1 fully saturated rings. The maximum atomic E-state index is 14.5. The zero-order valence-corrected chi connectivity index (χ0v) is 25.8. The predicted molar refractivity (Wildman–Crippen MR) is 173 cm³/mol. The van der Waals surface area contributed by atoms with Gasteiger partial charge in [-0.1, -0.05) is 109 Å². The van der Waals surface area contributed by atoms with Crippen LogP contribution in [0.1, 0.15) is 42.4 Å². The number of rotatable bonds is 12. The van der Waals surface area contributed by atoms with Gasteiger partial charge < -0.3 is 10.2 Å². The second-order valence-corrected chi connectivity index (χ2v) is 13.2. The largest absolute Gasteiger partial charge is 0.352 e. The molecule has 4 aromatic carbocycles. The van der Waals surface area contributed by atoms with Gasteiger partial charge in [-0.3, -0.25) is 13.9 Å². The molecule has 1 unspecified atom stereocenters. The van der Waals surface area contributed by atoms with Crippen LogP contribution in [0.4, 0.5) is 5.69 Å². The molecule has 0 bridgehead atoms. The molecule has 0 radical (unpaired) electrons. The lowest BCUT2D eigenvalue weighted by Crippen LogP contribution is -2.54. The summed E-state index contributed by atoms with van der Waals surface area (Å²) in [6.45, 7) is 1.61. The van der Waals surface area contributed by atoms with E-state index in [2.05, 4.69) is 5.32 Å². The number of nitrogens with zero attached hydrogens (tertiary/aromatic N) is 2. The van der Waals surface area contributed by atoms with E-state index in [9.17, 15) is 18.0 Å². The molecule has 0 spiro atoms. The average molecular weight is 610 g/mol. The minimum Gasteiger partial charge on any atom is -0.352 e. The van der Waals surface area contributed by atoms with Crippen molar-refractivity contribution in [1.82, 2.24) is 10.2 Å². The Bertz CT molecular complexity index is 1620. The maximum absolute atomic E-state index is 14.5. The summed E-state index contributed by atoms with van der Waals surface area (Å²) in [7, 11) is -4.11. The van der Waals surface area contributed by atoms with Gasteiger partial charge in [-0.2, -0.15) is 0 Å². The van der Waals surface area contributed by atoms with Gasteiger partial charge in [0.1, 0.15) is 12.6 Å². The molecular formula is C36H39N3O4S. The Labute approximate surface area is 260 Å². The van der Waals surface area contributed by atoms with Crippen molar-refractivity contribution in [2.45, 2.75) is 62.6 Å². The molecule has 7 nitrogen and oxygen atoms in total. The second kappa shape index (κ2) is 14.4. The van der Waals surface area contributed by atoms with E-state index in [1.54, 1.807) is 35.2 Å². The summed E-state index contributed by atoms with van der Waals surface area (Å²) in [6.07, 6.45) is 4.24. The van der Waals surface area contributed by atoms with Crippen LogP contribution >= 0.6 is 0 Å². The van der Waals surface area contributed by atoms with Crippen molar-refractivity contribution >= 4 is 27.5 Å². The Kier molecular flexibility index (Phi) is 10.1. The van der Waals surface area contributed by atoms with Crippen LogP contribution in [0.5, 0.6) is 0 Å². The van der Waals surface area contributed by atoms with Crippen LogP contribution in [0.3, 0.4) is 0 Å². The third-order valence-electron chi connectivity index (χ3n) is 8.10. The summed E-state index contributed by atoms with van der Waals surface area (Å²) in [5.74, 6) is -0.686. The quantitative estimate of drug-likeness (QED) is 0.217. The van der Waals surface area contributed by atoms with Crippen LogP contribution in [-0.2, 0) is 32.6 Å². The Morgan fingerprint density at radius 1 is 0.773 bits per heavy atom. The number of hydrogen-bond donors (Lipinski definition) is 1. The zero-order valence-electron chi connectivity index (χ0n) is 25.0. The molecule has 1 saturated carbocycles. The van der Waals surface area contributed by atoms with Gasteiger partial charge in [-0.05, 0) is 55.2 Å². The maximum Gasteiger partial charge on any atom is 0.264 e. The first-order valence-corrected chi connectivity index (χ1v) is 16.6. The van der Waals surface area contributed by atoms with Crippen molar-refractivity contribution in [3.05, 3.63) is 132 Å². The van der Waals surface area contributed by atoms with Crippen LogP contribution in [0.15, 0.2) is 120 Å². The first-order valence-electron chi connectivity index (χ1n) is 15.1. The standard InChI is InChI=1S/C36H39N3O4S/c1-28-21-23-32(24-22-28)39(44(42,43)33-19-9-4-10-20-33)27-35(40)38(26-30-15-7-3-8-16-30)34(25-29-13-5-2-6-14-29)36(41)37-31-17-11-12-18-31/h2-10,13-16,19-24,31,34H,11-12,17-18,25-27H2,1H3,(H,37,41). The van der Waals surface area contributed by atoms with E-state index in [1.165, 1.54) is 12.1 Å². The summed E-state index contributed by atoms with van der Waals surface area (Å²) < 4.78 is 29.2. The normalized spacial score (nSPS) is 14.1. The lowest BCUT2D eigenvalue weighted by molar-refractivity contribution is -0.140. The molecule has 1 aliphatic carbocycles. The minimum atomic E-state index is -4.11. The number of nitrogens with one attached hydrogen (secondary N) is 1. The van der Waals surface area contributed by atoms with E-state index in [0.717, 1.165) is 46.7 Å². The van der Waals surface area contributed by atoms with Crippen molar-refractivity contribution in [2.75, 3.05) is 10.8 Å². The molecule has 1 aliphatic rings. The zero-order chi connectivity index (χ0) is 30.9. The van der Waals surface area contributed by atoms with E-state index in [-0.39, 0.29) is 23.4 Å². The second-order valence-electron chi connectivity index (χ2n) is 11.4. The lowest BCUT2D eigenvalue weighted by atomic mass is 10.0. The molecule has 1 N–H and O–H groups in total. The van der Waals surface area contributed by atoms with Gasteiger partial charge in [0.05, 0.1) is 10.6 Å². The fraction of sp³-hybridized carbons (Fsp3) is 0.278. The Morgan fingerprint density at radius 2 is 1.32 bits per heavy atom. The van der Waals surface area contributed by atoms with E-state index >= 15 is 0 Å². The van der Waals surface area contributed by atoms with E-state index in [0.29, 0.717) is 12.1 Å². The smallest absolute Gasteiger partial charge is 0.264 e. The minimum absolute atomic E-state index is 0.0666. The van der Waals surface area contributed by atoms with Crippen molar-refractivity contribution in [3.63, 3.8) is 0 Å². The van der Waals surface area contributed by atoms with Crippen LogP contribution in [0, 0.1) is 6.92 Å². The molecule has 44 heavy (non-hydrogen) atoms. The van der Waals surface area contributed by atoms with Gasteiger partial charge in [0.15, 0.2) is 0 Å². The highest BCUT2D eigenvalue weighted by Gasteiger charge is 2.35. The number of carbonyl (C=O) groups is 2. The van der Waals surface area contributed by atoms with Crippen molar-refractivity contribution in [2.24, 2.45) is 0 Å². The lowest BCUT2D eigenvalue weighted by Gasteiger charge is -2.34. The predicted octanol–water partition coefficient (Wildman–Crippen LogP) is 5.89. The first kappa shape index (κ1) is 31.0. The highest BCUT2D eigenvalue weighted by molar-refractivity contribution is 7.92. The molecule has 0 aromatic heterocycles. The average Bonchev–Trinajstić information content (AvgIpc) is 3.56. The molecule has 1 atom stereocenters. The summed E-state index contributed by atoms with van der Waals surface area (Å²) in [5, 5.41) is 3.20. The van der Waals surface area contributed by atoms with Gasteiger partial charge >= 0.3 is 0 Å². The Morgan fingerprint density at radius 3 is 1.91 bits per heavy atom. The molecule has 8 heteroatoms. The highest BCUT2D eigenvalue weighted by Crippen LogP contribution is 2.26. The Balaban J connectivity index is 1.54. The topological polar surface area (TPSA) is 86.8 Å². The van der Waals surface area contributed by atoms with E-state index in [1.807, 2.05) is 79.7 Å². The SMILES string of the molecule is Cc1ccc(N(CC(=O)N(Cc2ccccc2)C(Cc2ccccc2)C(=O)NC2CCCC2)S(=O)(=O)c2ccccc2)cc1. The third kappa shape index (κ3) is 7.74. The summed E-state index contributed by atoms with van der Waals surface area (Å²) in [4.78, 5) is 30.1. The number of aryl methyl sites for hydroxylation is 1. The van der Waals surface area contributed by atoms with Gasteiger partial charge in [0, 0.05) is 19.0 Å². The Hall–Kier alpha value is -4.43. The molecule has 228 valence electrons. The first-order chi connectivity index (χ1) is 21.3. The van der Waals surface area contributed by atoms with E-state index < -0.39 is 28.5 Å². The summed E-state index contributed by atoms with van der Waals surface area (Å²) >= 11 is 0. The van der Waals surface area contributed by atoms with Crippen LogP contribution in [0.2, 0.25) is 0 Å². The van der Waals surface area contributed by atoms with E-state index in [4.69, 9.17) is 0 Å². The summed E-state index contributed by atoms with van der Waals surface area (Å²) in [5.41, 5.74) is 3.11. The number of hydrogen-bond acceptors (Lipinski definition) is 4. The number of sulfonamides is 1. The molecule has 2 amide bonds. The van der Waals surface area contributed by atoms with Gasteiger partial charge in [0.2, 0.25) is 11.8 Å². The number of anilines is 1. The fourth-order valence-electron chi connectivity index (χ4n) is 5.66. The summed E-state index contributed by atoms with van der Waals surface area (Å²) in [6, 6.07) is 33.5. The van der Waals surface area contributed by atoms with Crippen LogP contribution < -0.4 is 9.62 Å². The van der Waals surface area contributed by atoms with Crippen molar-refractivity contribution < 1.29 is 18.0 Å². The molecular weight excluding hydrogens is 570 g/mol. The van der Waals surface area contributed by atoms with Crippen molar-refractivity contribution in [1.29, 1.82) is 0 Å². The monoisotopic (exact) mass is 609 g/mol. The van der Waals surface area contributed by atoms with Gasteiger partial charge in [0.25, 0.3) is 10.0 Å². The number of amides is 2. The van der Waals surface area contributed by atoms with Crippen LogP contribution in [-0.4, -0.2) is 43.8 Å². The highest BCUT2D eigenvalue weighted by atomic mass is 32.2. The molecule has 0 heterocycles. The van der Waals surface area contributed by atoms with Gasteiger partial charge in [-0.25, -0.2) is 8.42 Å². The fourth-order valence-corrected chi connectivity index (χ4v) is 7.10. The number of benzene rings is 4. The molecule has 0 saturated heterocycles. The molecule has 5 rings (SSSR count). The van der Waals surface area contributed by atoms with Crippen LogP contribution in [0.25, 0.3) is 0 Å². The number of carbonyl (C=O) groups excluding carboxylic acids is 2. The van der Waals surface area contributed by atoms with Crippen molar-refractivity contribution in [3.8, 4) is 0 Å². The molecule has 4 aromatic rings. The molecule has 0 aliphatic heterocycles. The van der Waals surface area contributed by atoms with Gasteiger partial charge in [-0.15, -0.1) is 0 Å². The third-order valence-corrected chi connectivity index (χ3v) is 9.89.